The summed E-state index contributed by atoms with van der Waals surface area (Å²) in [5.74, 6) is -0.175. The van der Waals surface area contributed by atoms with Crippen LogP contribution in [0.15, 0.2) is 53.0 Å². The fraction of sp³-hybridized carbons (Fsp3) is 0.235. The van der Waals surface area contributed by atoms with E-state index in [9.17, 15) is 9.90 Å². The molecule has 0 bridgehead atoms. The number of aryl methyl sites for hydroxylation is 1. The van der Waals surface area contributed by atoms with Gasteiger partial charge in [0.15, 0.2) is 0 Å². The number of amides is 1. The standard InChI is InChI=1S/C17H18BrNO2/c1-12-7-8-14(10-16(12)18)17(21)19-15(11-20)9-13-5-3-2-4-6-13/h2-8,10,15,20H,9,11H2,1H3,(H,19,21)/t15-/m1/s1. The van der Waals surface area contributed by atoms with Gasteiger partial charge >= 0.3 is 0 Å². The molecule has 0 aliphatic carbocycles. The van der Waals surface area contributed by atoms with Gasteiger partial charge in [0.05, 0.1) is 12.6 Å². The van der Waals surface area contributed by atoms with E-state index >= 15 is 0 Å². The normalized spacial score (nSPS) is 12.0. The first-order valence-corrected chi connectivity index (χ1v) is 7.61. The first kappa shape index (κ1) is 15.7. The Labute approximate surface area is 133 Å². The number of halogens is 1. The predicted octanol–water partition coefficient (Wildman–Crippen LogP) is 3.09. The van der Waals surface area contributed by atoms with Crippen LogP contribution >= 0.6 is 15.9 Å². The zero-order chi connectivity index (χ0) is 15.2. The van der Waals surface area contributed by atoms with Crippen molar-refractivity contribution in [1.29, 1.82) is 0 Å². The van der Waals surface area contributed by atoms with Crippen LogP contribution < -0.4 is 5.32 Å². The molecule has 2 aromatic carbocycles. The second-order valence-electron chi connectivity index (χ2n) is 5.01. The highest BCUT2D eigenvalue weighted by atomic mass is 79.9. The largest absolute Gasteiger partial charge is 0.394 e. The van der Waals surface area contributed by atoms with Gasteiger partial charge in [0, 0.05) is 10.0 Å². The Morgan fingerprint density at radius 3 is 2.57 bits per heavy atom. The molecule has 0 saturated heterocycles. The van der Waals surface area contributed by atoms with Gasteiger partial charge in [0.1, 0.15) is 0 Å². The minimum atomic E-state index is -0.292. The van der Waals surface area contributed by atoms with Gasteiger partial charge in [0.2, 0.25) is 0 Å². The highest BCUT2D eigenvalue weighted by Gasteiger charge is 2.14. The fourth-order valence-electron chi connectivity index (χ4n) is 2.06. The van der Waals surface area contributed by atoms with E-state index in [1.807, 2.05) is 43.3 Å². The molecule has 0 unspecified atom stereocenters. The van der Waals surface area contributed by atoms with Crippen LogP contribution in [0.25, 0.3) is 0 Å². The van der Waals surface area contributed by atoms with Crippen LogP contribution in [0.5, 0.6) is 0 Å². The van der Waals surface area contributed by atoms with Crippen molar-refractivity contribution in [3.8, 4) is 0 Å². The van der Waals surface area contributed by atoms with Gasteiger partial charge in [-0.05, 0) is 36.6 Å². The van der Waals surface area contributed by atoms with Crippen LogP contribution in [-0.2, 0) is 6.42 Å². The quantitative estimate of drug-likeness (QED) is 0.872. The Kier molecular flexibility index (Phi) is 5.53. The lowest BCUT2D eigenvalue weighted by Gasteiger charge is -2.16. The zero-order valence-electron chi connectivity index (χ0n) is 11.8. The topological polar surface area (TPSA) is 49.3 Å². The smallest absolute Gasteiger partial charge is 0.251 e. The van der Waals surface area contributed by atoms with Gasteiger partial charge in [-0.1, -0.05) is 52.3 Å². The van der Waals surface area contributed by atoms with Crippen LogP contribution in [-0.4, -0.2) is 23.7 Å². The van der Waals surface area contributed by atoms with E-state index < -0.39 is 0 Å². The molecule has 2 aromatic rings. The summed E-state index contributed by atoms with van der Waals surface area (Å²) in [7, 11) is 0. The summed E-state index contributed by atoms with van der Waals surface area (Å²) in [6, 6.07) is 15.0. The van der Waals surface area contributed by atoms with Crippen LogP contribution in [0, 0.1) is 6.92 Å². The van der Waals surface area contributed by atoms with E-state index in [2.05, 4.69) is 21.2 Å². The van der Waals surface area contributed by atoms with E-state index in [1.165, 1.54) is 0 Å². The first-order valence-electron chi connectivity index (χ1n) is 6.82. The summed E-state index contributed by atoms with van der Waals surface area (Å²) >= 11 is 3.42. The summed E-state index contributed by atoms with van der Waals surface area (Å²) < 4.78 is 0.902. The molecule has 1 amide bonds. The van der Waals surface area contributed by atoms with Crippen LogP contribution in [0.3, 0.4) is 0 Å². The summed E-state index contributed by atoms with van der Waals surface area (Å²) in [5.41, 5.74) is 2.75. The van der Waals surface area contributed by atoms with Crippen molar-refractivity contribution in [2.24, 2.45) is 0 Å². The molecule has 1 atom stereocenters. The molecule has 3 nitrogen and oxygen atoms in total. The Balaban J connectivity index is 2.04. The minimum absolute atomic E-state index is 0.0896. The number of rotatable bonds is 5. The van der Waals surface area contributed by atoms with Gasteiger partial charge in [0.25, 0.3) is 5.91 Å². The van der Waals surface area contributed by atoms with Gasteiger partial charge < -0.3 is 10.4 Å². The van der Waals surface area contributed by atoms with Gasteiger partial charge in [-0.2, -0.15) is 0 Å². The SMILES string of the molecule is Cc1ccc(C(=O)N[C@@H](CO)Cc2ccccc2)cc1Br. The fourth-order valence-corrected chi connectivity index (χ4v) is 2.44. The maximum atomic E-state index is 12.2. The van der Waals surface area contributed by atoms with Gasteiger partial charge in [-0.3, -0.25) is 4.79 Å². The molecule has 0 fully saturated rings. The van der Waals surface area contributed by atoms with E-state index in [4.69, 9.17) is 0 Å². The molecule has 0 saturated carbocycles. The molecule has 0 aromatic heterocycles. The Morgan fingerprint density at radius 1 is 1.24 bits per heavy atom. The van der Waals surface area contributed by atoms with Crippen molar-refractivity contribution in [3.63, 3.8) is 0 Å². The van der Waals surface area contributed by atoms with Gasteiger partial charge in [-0.25, -0.2) is 0 Å². The Hall–Kier alpha value is -1.65. The number of nitrogens with one attached hydrogen (secondary N) is 1. The molecule has 4 heteroatoms. The summed E-state index contributed by atoms with van der Waals surface area (Å²) in [6.07, 6.45) is 0.607. The molecule has 110 valence electrons. The monoisotopic (exact) mass is 347 g/mol. The lowest BCUT2D eigenvalue weighted by atomic mass is 10.1. The number of hydrogen-bond acceptors (Lipinski definition) is 2. The number of hydrogen-bond donors (Lipinski definition) is 2. The predicted molar refractivity (Wildman–Crippen MR) is 87.4 cm³/mol. The van der Waals surface area contributed by atoms with Crippen LogP contribution in [0.1, 0.15) is 21.5 Å². The molecule has 21 heavy (non-hydrogen) atoms. The summed E-state index contributed by atoms with van der Waals surface area (Å²) in [6.45, 7) is 1.88. The molecule has 2 N–H and O–H groups in total. The molecule has 0 heterocycles. The molecular formula is C17H18BrNO2. The van der Waals surface area contributed by atoms with Crippen LogP contribution in [0.4, 0.5) is 0 Å². The number of aliphatic hydroxyl groups is 1. The second kappa shape index (κ2) is 7.38. The Bertz CT molecular complexity index is 613. The maximum Gasteiger partial charge on any atom is 0.251 e. The third kappa shape index (κ3) is 4.41. The van der Waals surface area contributed by atoms with Crippen molar-refractivity contribution < 1.29 is 9.90 Å². The van der Waals surface area contributed by atoms with Crippen molar-refractivity contribution in [3.05, 3.63) is 69.7 Å². The average molecular weight is 348 g/mol. The molecule has 0 aliphatic heterocycles. The molecular weight excluding hydrogens is 330 g/mol. The van der Waals surface area contributed by atoms with E-state index in [0.717, 1.165) is 15.6 Å². The van der Waals surface area contributed by atoms with Gasteiger partial charge in [-0.15, -0.1) is 0 Å². The van der Waals surface area contributed by atoms with Crippen molar-refractivity contribution in [2.45, 2.75) is 19.4 Å². The lowest BCUT2D eigenvalue weighted by Crippen LogP contribution is -2.39. The van der Waals surface area contributed by atoms with Crippen molar-refractivity contribution >= 4 is 21.8 Å². The average Bonchev–Trinajstić information content (AvgIpc) is 2.50. The van der Waals surface area contributed by atoms with Crippen molar-refractivity contribution in [1.82, 2.24) is 5.32 Å². The van der Waals surface area contributed by atoms with Crippen molar-refractivity contribution in [2.75, 3.05) is 6.61 Å². The molecule has 0 radical (unpaired) electrons. The highest BCUT2D eigenvalue weighted by molar-refractivity contribution is 9.10. The highest BCUT2D eigenvalue weighted by Crippen LogP contribution is 2.17. The van der Waals surface area contributed by atoms with E-state index in [0.29, 0.717) is 12.0 Å². The first-order chi connectivity index (χ1) is 10.1. The summed E-state index contributed by atoms with van der Waals surface area (Å²) in [4.78, 5) is 12.2. The van der Waals surface area contributed by atoms with E-state index in [1.54, 1.807) is 12.1 Å². The second-order valence-corrected chi connectivity index (χ2v) is 5.86. The summed E-state index contributed by atoms with van der Waals surface area (Å²) in [5, 5.41) is 12.3. The number of carbonyl (C=O) groups excluding carboxylic acids is 1. The molecule has 0 spiro atoms. The van der Waals surface area contributed by atoms with Crippen LogP contribution in [0.2, 0.25) is 0 Å². The minimum Gasteiger partial charge on any atom is -0.394 e. The third-order valence-electron chi connectivity index (χ3n) is 3.31. The van der Waals surface area contributed by atoms with E-state index in [-0.39, 0.29) is 18.6 Å². The molecule has 0 aliphatic rings. The number of aliphatic hydroxyl groups excluding tert-OH is 1. The maximum absolute atomic E-state index is 12.2. The zero-order valence-corrected chi connectivity index (χ0v) is 13.4. The number of benzene rings is 2. The Morgan fingerprint density at radius 2 is 1.95 bits per heavy atom. The lowest BCUT2D eigenvalue weighted by molar-refractivity contribution is 0.0916. The number of carbonyl (C=O) groups is 1. The third-order valence-corrected chi connectivity index (χ3v) is 4.17. The molecule has 2 rings (SSSR count).